The molecule has 1 atom stereocenters. The van der Waals surface area contributed by atoms with Gasteiger partial charge in [-0.15, -0.1) is 0 Å². The van der Waals surface area contributed by atoms with Crippen LogP contribution < -0.4 is 10.2 Å². The molecule has 4 aromatic rings. The Labute approximate surface area is 219 Å². The zero-order valence-corrected chi connectivity index (χ0v) is 21.3. The van der Waals surface area contributed by atoms with Crippen molar-refractivity contribution in [3.05, 3.63) is 96.8 Å². The number of aromatic nitrogens is 1. The first kappa shape index (κ1) is 25.2. The van der Waals surface area contributed by atoms with Crippen LogP contribution in [0.3, 0.4) is 0 Å². The van der Waals surface area contributed by atoms with Gasteiger partial charge in [-0.05, 0) is 58.8 Å². The minimum Gasteiger partial charge on any atom is -0.326 e. The lowest BCUT2D eigenvalue weighted by molar-refractivity contribution is -0.122. The van der Waals surface area contributed by atoms with E-state index in [1.165, 1.54) is 31.3 Å². The molecule has 38 heavy (non-hydrogen) atoms. The number of imide groups is 1. The van der Waals surface area contributed by atoms with Gasteiger partial charge in [-0.25, -0.2) is 13.3 Å². The van der Waals surface area contributed by atoms with Gasteiger partial charge in [0.1, 0.15) is 6.04 Å². The number of pyridine rings is 1. The zero-order valence-electron chi connectivity index (χ0n) is 20.4. The Morgan fingerprint density at radius 2 is 1.74 bits per heavy atom. The zero-order chi connectivity index (χ0) is 26.9. The molecule has 1 unspecified atom stereocenters. The van der Waals surface area contributed by atoms with Gasteiger partial charge in [-0.3, -0.25) is 19.4 Å². The molecule has 10 heteroatoms. The normalized spacial score (nSPS) is 15.8. The van der Waals surface area contributed by atoms with Crippen LogP contribution in [0.15, 0.2) is 96.2 Å². The molecule has 2 heterocycles. The van der Waals surface area contributed by atoms with Gasteiger partial charge in [0.05, 0.1) is 17.0 Å². The van der Waals surface area contributed by atoms with Crippen LogP contribution in [0.1, 0.15) is 18.9 Å². The van der Waals surface area contributed by atoms with E-state index < -0.39 is 27.9 Å². The molecule has 5 rings (SSSR count). The third-order valence-electron chi connectivity index (χ3n) is 6.31. The molecule has 0 radical (unpaired) electrons. The molecule has 3 amide bonds. The second-order valence-electron chi connectivity index (χ2n) is 8.94. The monoisotopic (exact) mass is 528 g/mol. The number of rotatable bonds is 7. The van der Waals surface area contributed by atoms with E-state index in [4.69, 9.17) is 0 Å². The number of hydrogen-bond donors (Lipinski definition) is 1. The maximum Gasteiger partial charge on any atom is 0.252 e. The lowest BCUT2D eigenvalue weighted by atomic mass is 10.1. The van der Waals surface area contributed by atoms with Crippen LogP contribution in [0.5, 0.6) is 0 Å². The van der Waals surface area contributed by atoms with E-state index in [1.807, 2.05) is 24.3 Å². The molecule has 1 aromatic heterocycles. The molecule has 0 aliphatic carbocycles. The van der Waals surface area contributed by atoms with E-state index in [9.17, 15) is 22.8 Å². The van der Waals surface area contributed by atoms with Crippen LogP contribution in [0.4, 0.5) is 11.4 Å². The van der Waals surface area contributed by atoms with Crippen LogP contribution in [-0.2, 0) is 31.0 Å². The first-order valence-corrected chi connectivity index (χ1v) is 13.3. The van der Waals surface area contributed by atoms with Crippen molar-refractivity contribution in [3.8, 4) is 0 Å². The van der Waals surface area contributed by atoms with Crippen LogP contribution >= 0.6 is 0 Å². The lowest BCUT2D eigenvalue weighted by Gasteiger charge is -2.27. The highest BCUT2D eigenvalue weighted by molar-refractivity contribution is 7.89. The van der Waals surface area contributed by atoms with Crippen molar-refractivity contribution in [3.63, 3.8) is 0 Å². The Hall–Kier alpha value is -4.41. The van der Waals surface area contributed by atoms with Gasteiger partial charge in [-0.2, -0.15) is 4.31 Å². The summed E-state index contributed by atoms with van der Waals surface area (Å²) in [6.07, 6.45) is 2.80. The van der Waals surface area contributed by atoms with E-state index in [0.29, 0.717) is 16.9 Å². The van der Waals surface area contributed by atoms with Crippen molar-refractivity contribution in [2.45, 2.75) is 30.8 Å². The SMILES string of the molecule is CC(=O)Nc1ccc(N2C(=O)CC(N(Cc3cccnc3)S(=O)(=O)c3ccc4ccccc4c3)C2=O)cc1. The maximum atomic E-state index is 14.0. The molecular formula is C28H24N4O5S. The van der Waals surface area contributed by atoms with E-state index in [1.54, 1.807) is 42.6 Å². The summed E-state index contributed by atoms with van der Waals surface area (Å²) in [6.45, 7) is 1.24. The van der Waals surface area contributed by atoms with Gasteiger partial charge in [0.15, 0.2) is 0 Å². The van der Waals surface area contributed by atoms with E-state index >= 15 is 0 Å². The van der Waals surface area contributed by atoms with Gasteiger partial charge in [-0.1, -0.05) is 36.4 Å². The maximum absolute atomic E-state index is 14.0. The number of nitrogens with zero attached hydrogens (tertiary/aromatic N) is 3. The molecule has 9 nitrogen and oxygen atoms in total. The summed E-state index contributed by atoms with van der Waals surface area (Å²) in [5, 5.41) is 4.25. The van der Waals surface area contributed by atoms with Gasteiger partial charge in [0.25, 0.3) is 5.91 Å². The molecule has 1 aliphatic heterocycles. The summed E-state index contributed by atoms with van der Waals surface area (Å²) in [5.74, 6) is -1.41. The number of carbonyl (C=O) groups excluding carboxylic acids is 3. The molecule has 1 fully saturated rings. The van der Waals surface area contributed by atoms with Gasteiger partial charge in [0.2, 0.25) is 21.8 Å². The van der Waals surface area contributed by atoms with Crippen molar-refractivity contribution < 1.29 is 22.8 Å². The Kier molecular flexibility index (Phi) is 6.75. The Morgan fingerprint density at radius 1 is 1.00 bits per heavy atom. The molecular weight excluding hydrogens is 504 g/mol. The summed E-state index contributed by atoms with van der Waals surface area (Å²) in [5.41, 5.74) is 1.38. The Morgan fingerprint density at radius 3 is 2.42 bits per heavy atom. The second kappa shape index (κ2) is 10.2. The number of nitrogens with one attached hydrogen (secondary N) is 1. The Balaban J connectivity index is 1.52. The highest BCUT2D eigenvalue weighted by atomic mass is 32.2. The van der Waals surface area contributed by atoms with Gasteiger partial charge < -0.3 is 5.32 Å². The molecule has 1 saturated heterocycles. The summed E-state index contributed by atoms with van der Waals surface area (Å²) in [6, 6.07) is 20.6. The first-order chi connectivity index (χ1) is 18.2. The van der Waals surface area contributed by atoms with Gasteiger partial charge in [0, 0.05) is 31.5 Å². The van der Waals surface area contributed by atoms with E-state index in [2.05, 4.69) is 10.3 Å². The second-order valence-corrected chi connectivity index (χ2v) is 10.8. The number of benzene rings is 3. The average molecular weight is 529 g/mol. The summed E-state index contributed by atoms with van der Waals surface area (Å²) in [7, 11) is -4.20. The molecule has 0 saturated carbocycles. The smallest absolute Gasteiger partial charge is 0.252 e. The van der Waals surface area contributed by atoms with Crippen molar-refractivity contribution in [2.24, 2.45) is 0 Å². The molecule has 0 spiro atoms. The van der Waals surface area contributed by atoms with Crippen LogP contribution in [-0.4, -0.2) is 41.5 Å². The van der Waals surface area contributed by atoms with Crippen LogP contribution in [0.25, 0.3) is 10.8 Å². The highest BCUT2D eigenvalue weighted by Gasteiger charge is 2.47. The standard InChI is InChI=1S/C28H24N4O5S/c1-19(33)30-23-9-11-24(12-10-23)32-27(34)16-26(28(32)35)31(18-20-5-4-14-29-17-20)38(36,37)25-13-8-21-6-2-3-7-22(21)15-25/h2-15,17,26H,16,18H2,1H3,(H,30,33). The average Bonchev–Trinajstić information content (AvgIpc) is 3.20. The summed E-state index contributed by atoms with van der Waals surface area (Å²) in [4.78, 5) is 43.1. The quantitative estimate of drug-likeness (QED) is 0.366. The lowest BCUT2D eigenvalue weighted by Crippen LogP contribution is -2.45. The number of carbonyl (C=O) groups is 3. The summed E-state index contributed by atoms with van der Waals surface area (Å²) < 4.78 is 29.1. The fourth-order valence-corrected chi connectivity index (χ4v) is 6.11. The van der Waals surface area contributed by atoms with Gasteiger partial charge >= 0.3 is 0 Å². The molecule has 3 aromatic carbocycles. The van der Waals surface area contributed by atoms with Crippen molar-refractivity contribution in [1.29, 1.82) is 0 Å². The minimum absolute atomic E-state index is 0.0263. The largest absolute Gasteiger partial charge is 0.326 e. The first-order valence-electron chi connectivity index (χ1n) is 11.9. The number of anilines is 2. The number of sulfonamides is 1. The highest BCUT2D eigenvalue weighted by Crippen LogP contribution is 2.32. The fourth-order valence-electron chi connectivity index (χ4n) is 4.51. The number of hydrogen-bond acceptors (Lipinski definition) is 6. The predicted octanol–water partition coefficient (Wildman–Crippen LogP) is 3.72. The molecule has 192 valence electrons. The van der Waals surface area contributed by atoms with Crippen LogP contribution in [0.2, 0.25) is 0 Å². The number of amides is 3. The fraction of sp³-hybridized carbons (Fsp3) is 0.143. The summed E-state index contributed by atoms with van der Waals surface area (Å²) >= 11 is 0. The number of fused-ring (bicyclic) bond motifs is 1. The van der Waals surface area contributed by atoms with E-state index in [0.717, 1.165) is 20.0 Å². The topological polar surface area (TPSA) is 117 Å². The van der Waals surface area contributed by atoms with E-state index in [-0.39, 0.29) is 23.8 Å². The molecule has 1 aliphatic rings. The van der Waals surface area contributed by atoms with Crippen molar-refractivity contribution in [1.82, 2.24) is 9.29 Å². The van der Waals surface area contributed by atoms with Crippen molar-refractivity contribution in [2.75, 3.05) is 10.2 Å². The Bertz CT molecular complexity index is 1640. The minimum atomic E-state index is -4.20. The third kappa shape index (κ3) is 4.91. The molecule has 1 N–H and O–H groups in total. The van der Waals surface area contributed by atoms with Crippen molar-refractivity contribution >= 4 is 49.9 Å². The predicted molar refractivity (Wildman–Crippen MR) is 143 cm³/mol. The van der Waals surface area contributed by atoms with Crippen LogP contribution in [0, 0.1) is 0 Å². The third-order valence-corrected chi connectivity index (χ3v) is 8.16. The molecule has 0 bridgehead atoms.